The van der Waals surface area contributed by atoms with E-state index >= 15 is 0 Å². The lowest BCUT2D eigenvalue weighted by Crippen LogP contribution is -2.34. The van der Waals surface area contributed by atoms with Crippen molar-refractivity contribution in [3.63, 3.8) is 0 Å². The molecule has 0 unspecified atom stereocenters. The van der Waals surface area contributed by atoms with Gasteiger partial charge in [0.1, 0.15) is 5.78 Å². The molecule has 0 aliphatic carbocycles. The topological polar surface area (TPSA) is 90.8 Å². The van der Waals surface area contributed by atoms with Crippen LogP contribution < -0.4 is 9.80 Å². The molecule has 7 nitrogen and oxygen atoms in total. The number of nitrogens with zero attached hydrogens (tertiary/aromatic N) is 3. The fraction of sp³-hybridized carbons (Fsp3) is 0.429. The number of aromatic nitrogens is 1. The van der Waals surface area contributed by atoms with Crippen molar-refractivity contribution >= 4 is 29.1 Å². The maximum absolute atomic E-state index is 12.2. The zero-order valence-electron chi connectivity index (χ0n) is 11.8. The molecule has 1 aliphatic heterocycles. The summed E-state index contributed by atoms with van der Waals surface area (Å²) in [6, 6.07) is 3.31. The second-order valence-electron chi connectivity index (χ2n) is 4.80. The molecule has 2 heterocycles. The number of amides is 2. The number of Topliss-reactive ketones (excluding diaryl/α,β-unsaturated/α-hetero) is 1. The zero-order valence-corrected chi connectivity index (χ0v) is 11.8. The third-order valence-corrected chi connectivity index (χ3v) is 3.17. The summed E-state index contributed by atoms with van der Waals surface area (Å²) in [6.07, 6.45) is 1.61. The Kier molecular flexibility index (Phi) is 4.64. The normalized spacial score (nSPS) is 14.7. The van der Waals surface area contributed by atoms with Crippen LogP contribution >= 0.6 is 0 Å². The molecule has 1 N–H and O–H groups in total. The van der Waals surface area contributed by atoms with E-state index in [9.17, 15) is 14.4 Å². The standard InChI is InChI=1S/C14H17N3O4/c1-10(19)9-17-11-3-2-6-15-14(11)16(7-4-12(17)20)13(21)5-8-18/h2-3,6,18H,4-5,7-9H2,1H3. The Balaban J connectivity index is 2.44. The number of hydrogen-bond donors (Lipinski definition) is 1. The number of hydrogen-bond acceptors (Lipinski definition) is 5. The first kappa shape index (κ1) is 15.1. The minimum Gasteiger partial charge on any atom is -0.396 e. The Morgan fingerprint density at radius 2 is 2.19 bits per heavy atom. The summed E-state index contributed by atoms with van der Waals surface area (Å²) in [4.78, 5) is 42.6. The maximum Gasteiger partial charge on any atom is 0.230 e. The van der Waals surface area contributed by atoms with Crippen LogP contribution in [-0.2, 0) is 14.4 Å². The van der Waals surface area contributed by atoms with E-state index in [2.05, 4.69) is 4.98 Å². The minimum absolute atomic E-state index is 0.0308. The number of carbonyl (C=O) groups is 3. The molecule has 1 aliphatic rings. The van der Waals surface area contributed by atoms with Crippen molar-refractivity contribution in [1.82, 2.24) is 4.98 Å². The van der Waals surface area contributed by atoms with Crippen LogP contribution in [0.4, 0.5) is 11.5 Å². The van der Waals surface area contributed by atoms with E-state index in [1.165, 1.54) is 22.9 Å². The van der Waals surface area contributed by atoms with Crippen LogP contribution in [0.5, 0.6) is 0 Å². The molecular formula is C14H17N3O4. The highest BCUT2D eigenvalue weighted by atomic mass is 16.3. The third-order valence-electron chi connectivity index (χ3n) is 3.17. The van der Waals surface area contributed by atoms with E-state index in [4.69, 9.17) is 5.11 Å². The maximum atomic E-state index is 12.2. The van der Waals surface area contributed by atoms with Gasteiger partial charge in [0.05, 0.1) is 25.3 Å². The van der Waals surface area contributed by atoms with Crippen molar-refractivity contribution in [1.29, 1.82) is 0 Å². The molecule has 1 aromatic rings. The molecule has 0 saturated heterocycles. The van der Waals surface area contributed by atoms with E-state index < -0.39 is 0 Å². The second kappa shape index (κ2) is 6.45. The second-order valence-corrected chi connectivity index (χ2v) is 4.80. The number of aliphatic hydroxyl groups is 1. The van der Waals surface area contributed by atoms with Crippen LogP contribution in [0.1, 0.15) is 19.8 Å². The zero-order chi connectivity index (χ0) is 15.4. The van der Waals surface area contributed by atoms with Crippen molar-refractivity contribution in [2.24, 2.45) is 0 Å². The van der Waals surface area contributed by atoms with Gasteiger partial charge in [-0.15, -0.1) is 0 Å². The molecule has 0 aromatic carbocycles. The summed E-state index contributed by atoms with van der Waals surface area (Å²) >= 11 is 0. The van der Waals surface area contributed by atoms with E-state index in [1.807, 2.05) is 0 Å². The highest BCUT2D eigenvalue weighted by Crippen LogP contribution is 2.30. The summed E-state index contributed by atoms with van der Waals surface area (Å²) in [5.74, 6) is -0.315. The molecule has 21 heavy (non-hydrogen) atoms. The van der Waals surface area contributed by atoms with Gasteiger partial charge in [0, 0.05) is 19.2 Å². The molecule has 0 bridgehead atoms. The van der Waals surface area contributed by atoms with Crippen molar-refractivity contribution in [3.8, 4) is 0 Å². The number of carbonyl (C=O) groups excluding carboxylic acids is 3. The van der Waals surface area contributed by atoms with Crippen molar-refractivity contribution in [2.45, 2.75) is 19.8 Å². The first-order valence-corrected chi connectivity index (χ1v) is 6.70. The molecule has 0 radical (unpaired) electrons. The molecule has 0 atom stereocenters. The molecule has 2 amide bonds. The van der Waals surface area contributed by atoms with Crippen LogP contribution in [0, 0.1) is 0 Å². The largest absolute Gasteiger partial charge is 0.396 e. The van der Waals surface area contributed by atoms with E-state index in [0.717, 1.165) is 0 Å². The van der Waals surface area contributed by atoms with Gasteiger partial charge < -0.3 is 10.0 Å². The van der Waals surface area contributed by atoms with Crippen LogP contribution in [0.25, 0.3) is 0 Å². The van der Waals surface area contributed by atoms with E-state index in [1.54, 1.807) is 12.1 Å². The SMILES string of the molecule is CC(=O)CN1C(=O)CCN(C(=O)CCO)c2ncccc21. The highest BCUT2D eigenvalue weighted by molar-refractivity contribution is 6.06. The third kappa shape index (κ3) is 3.25. The molecule has 0 saturated carbocycles. The molecule has 112 valence electrons. The van der Waals surface area contributed by atoms with Crippen LogP contribution in [0.3, 0.4) is 0 Å². The first-order valence-electron chi connectivity index (χ1n) is 6.70. The molecule has 0 spiro atoms. The summed E-state index contributed by atoms with van der Waals surface area (Å²) in [7, 11) is 0. The van der Waals surface area contributed by atoms with Crippen molar-refractivity contribution in [2.75, 3.05) is 29.5 Å². The fourth-order valence-electron chi connectivity index (χ4n) is 2.26. The number of anilines is 2. The predicted octanol–water partition coefficient (Wildman–Crippen LogP) is 0.123. The number of aliphatic hydroxyl groups excluding tert-OH is 1. The summed E-state index contributed by atoms with van der Waals surface area (Å²) in [5, 5.41) is 8.92. The number of ketones is 1. The quantitative estimate of drug-likeness (QED) is 0.851. The minimum atomic E-state index is -0.296. The Bertz CT molecular complexity index is 573. The van der Waals surface area contributed by atoms with Crippen LogP contribution in [0.15, 0.2) is 18.3 Å². The summed E-state index contributed by atoms with van der Waals surface area (Å²) in [5.41, 5.74) is 0.446. The number of pyridine rings is 1. The van der Waals surface area contributed by atoms with Gasteiger partial charge in [-0.2, -0.15) is 0 Å². The van der Waals surface area contributed by atoms with Gasteiger partial charge in [0.15, 0.2) is 5.82 Å². The Morgan fingerprint density at radius 1 is 1.43 bits per heavy atom. The number of fused-ring (bicyclic) bond motifs is 1. The molecular weight excluding hydrogens is 274 g/mol. The van der Waals surface area contributed by atoms with Gasteiger partial charge in [-0.05, 0) is 19.1 Å². The monoisotopic (exact) mass is 291 g/mol. The summed E-state index contributed by atoms with van der Waals surface area (Å²) < 4.78 is 0. The van der Waals surface area contributed by atoms with Crippen molar-refractivity contribution in [3.05, 3.63) is 18.3 Å². The van der Waals surface area contributed by atoms with Gasteiger partial charge in [0.25, 0.3) is 0 Å². The van der Waals surface area contributed by atoms with Gasteiger partial charge >= 0.3 is 0 Å². The van der Waals surface area contributed by atoms with Crippen LogP contribution in [-0.4, -0.2) is 47.4 Å². The van der Waals surface area contributed by atoms with Crippen LogP contribution in [0.2, 0.25) is 0 Å². The Morgan fingerprint density at radius 3 is 2.86 bits per heavy atom. The number of rotatable bonds is 4. The van der Waals surface area contributed by atoms with Gasteiger partial charge in [-0.1, -0.05) is 0 Å². The first-order chi connectivity index (χ1) is 10.0. The lowest BCUT2D eigenvalue weighted by Gasteiger charge is -2.23. The van der Waals surface area contributed by atoms with E-state index in [-0.39, 0.29) is 50.1 Å². The fourth-order valence-corrected chi connectivity index (χ4v) is 2.26. The lowest BCUT2D eigenvalue weighted by molar-refractivity contribution is -0.122. The van der Waals surface area contributed by atoms with E-state index in [0.29, 0.717) is 11.5 Å². The lowest BCUT2D eigenvalue weighted by atomic mass is 10.3. The molecule has 1 aromatic heterocycles. The van der Waals surface area contributed by atoms with Crippen molar-refractivity contribution < 1.29 is 19.5 Å². The molecule has 7 heteroatoms. The average molecular weight is 291 g/mol. The predicted molar refractivity (Wildman–Crippen MR) is 75.9 cm³/mol. The Labute approximate surface area is 122 Å². The van der Waals surface area contributed by atoms with Gasteiger partial charge in [-0.3, -0.25) is 19.3 Å². The molecule has 0 fully saturated rings. The average Bonchev–Trinajstić information content (AvgIpc) is 2.57. The van der Waals surface area contributed by atoms with Gasteiger partial charge in [0.2, 0.25) is 11.8 Å². The molecule has 2 rings (SSSR count). The smallest absolute Gasteiger partial charge is 0.230 e. The Hall–Kier alpha value is -2.28. The van der Waals surface area contributed by atoms with Gasteiger partial charge in [-0.25, -0.2) is 4.98 Å². The highest BCUT2D eigenvalue weighted by Gasteiger charge is 2.30. The summed E-state index contributed by atoms with van der Waals surface area (Å²) in [6.45, 7) is 1.29.